The zero-order valence-electron chi connectivity index (χ0n) is 22.8. The molecule has 0 aliphatic carbocycles. The molecular weight excluding hydrogens is 510 g/mol. The number of hydrogen-bond donors (Lipinski definition) is 0. The SMILES string of the molecule is CCC(C)N(Cc1c(C)nn(-c2cccc(F)c2)c1N1CCN(CC)CC1)C(=O)c1ccc(C(F)(F)F)cc1. The number of likely N-dealkylation sites (N-methyl/N-ethyl adjacent to an activating group) is 1. The second-order valence-electron chi connectivity index (χ2n) is 9.97. The summed E-state index contributed by atoms with van der Waals surface area (Å²) in [5, 5.41) is 4.78. The molecule has 6 nitrogen and oxygen atoms in total. The Labute approximate surface area is 226 Å². The Balaban J connectivity index is 1.74. The number of anilines is 1. The van der Waals surface area contributed by atoms with Crippen LogP contribution in [0.4, 0.5) is 23.4 Å². The van der Waals surface area contributed by atoms with Crippen LogP contribution >= 0.6 is 0 Å². The summed E-state index contributed by atoms with van der Waals surface area (Å²) in [6.07, 6.45) is -3.81. The first-order valence-electron chi connectivity index (χ1n) is 13.3. The van der Waals surface area contributed by atoms with Crippen molar-refractivity contribution < 1.29 is 22.4 Å². The fourth-order valence-corrected chi connectivity index (χ4v) is 4.91. The lowest BCUT2D eigenvalue weighted by atomic mass is 10.1. The van der Waals surface area contributed by atoms with Gasteiger partial charge >= 0.3 is 6.18 Å². The first kappa shape index (κ1) is 28.6. The minimum atomic E-state index is -4.47. The normalized spacial score (nSPS) is 15.4. The van der Waals surface area contributed by atoms with Crippen LogP contribution in [0.15, 0.2) is 48.5 Å². The lowest BCUT2D eigenvalue weighted by molar-refractivity contribution is -0.137. The van der Waals surface area contributed by atoms with Crippen LogP contribution in [-0.2, 0) is 12.7 Å². The molecule has 2 heterocycles. The highest BCUT2D eigenvalue weighted by molar-refractivity contribution is 5.94. The molecule has 1 aromatic heterocycles. The van der Waals surface area contributed by atoms with Gasteiger partial charge in [-0.3, -0.25) is 4.79 Å². The van der Waals surface area contributed by atoms with Gasteiger partial charge in [0.05, 0.1) is 23.5 Å². The summed E-state index contributed by atoms with van der Waals surface area (Å²) in [5.41, 5.74) is 1.53. The zero-order valence-corrected chi connectivity index (χ0v) is 22.8. The summed E-state index contributed by atoms with van der Waals surface area (Å²) >= 11 is 0. The molecule has 1 aliphatic heterocycles. The molecule has 3 aromatic rings. The van der Waals surface area contributed by atoms with Crippen molar-refractivity contribution in [2.75, 3.05) is 37.6 Å². The molecular formula is C29H35F4N5O. The van der Waals surface area contributed by atoms with E-state index in [2.05, 4.69) is 16.7 Å². The summed E-state index contributed by atoms with van der Waals surface area (Å²) in [5.74, 6) is 0.0859. The number of alkyl halides is 3. The van der Waals surface area contributed by atoms with Gasteiger partial charge in [0.25, 0.3) is 5.91 Å². The number of amides is 1. The van der Waals surface area contributed by atoms with Crippen molar-refractivity contribution in [2.45, 2.75) is 52.9 Å². The molecule has 1 amide bonds. The molecule has 0 N–H and O–H groups in total. The maximum absolute atomic E-state index is 14.2. The summed E-state index contributed by atoms with van der Waals surface area (Å²) in [7, 11) is 0. The van der Waals surface area contributed by atoms with Crippen LogP contribution in [0.5, 0.6) is 0 Å². The summed E-state index contributed by atoms with van der Waals surface area (Å²) in [4.78, 5) is 19.9. The topological polar surface area (TPSA) is 44.6 Å². The smallest absolute Gasteiger partial charge is 0.354 e. The van der Waals surface area contributed by atoms with Crippen molar-refractivity contribution in [3.8, 4) is 5.69 Å². The second-order valence-corrected chi connectivity index (χ2v) is 9.97. The van der Waals surface area contributed by atoms with Gasteiger partial charge in [-0.15, -0.1) is 0 Å². The van der Waals surface area contributed by atoms with Crippen molar-refractivity contribution in [3.05, 3.63) is 76.7 Å². The lowest BCUT2D eigenvalue weighted by Gasteiger charge is -2.37. The largest absolute Gasteiger partial charge is 0.416 e. The van der Waals surface area contributed by atoms with Gasteiger partial charge in [-0.05, 0) is 69.3 Å². The highest BCUT2D eigenvalue weighted by Gasteiger charge is 2.32. The van der Waals surface area contributed by atoms with Crippen LogP contribution in [0.1, 0.15) is 54.4 Å². The molecule has 2 aromatic carbocycles. The average Bonchev–Trinajstić information content (AvgIpc) is 3.26. The Morgan fingerprint density at radius 2 is 1.72 bits per heavy atom. The first-order chi connectivity index (χ1) is 18.5. The van der Waals surface area contributed by atoms with Crippen LogP contribution in [-0.4, -0.2) is 64.3 Å². The van der Waals surface area contributed by atoms with Gasteiger partial charge in [-0.2, -0.15) is 18.3 Å². The Hall–Kier alpha value is -3.40. The van der Waals surface area contributed by atoms with E-state index in [9.17, 15) is 22.4 Å². The highest BCUT2D eigenvalue weighted by atomic mass is 19.4. The van der Waals surface area contributed by atoms with Gasteiger partial charge in [0, 0.05) is 43.3 Å². The summed E-state index contributed by atoms with van der Waals surface area (Å²) < 4.78 is 55.2. The van der Waals surface area contributed by atoms with Crippen molar-refractivity contribution in [1.29, 1.82) is 0 Å². The van der Waals surface area contributed by atoms with Gasteiger partial charge in [0.1, 0.15) is 11.6 Å². The maximum atomic E-state index is 14.2. The van der Waals surface area contributed by atoms with Gasteiger partial charge in [-0.25, -0.2) is 9.07 Å². The third kappa shape index (κ3) is 6.27. The van der Waals surface area contributed by atoms with E-state index in [4.69, 9.17) is 5.10 Å². The number of aromatic nitrogens is 2. The second kappa shape index (κ2) is 11.8. The molecule has 1 saturated heterocycles. The van der Waals surface area contributed by atoms with E-state index < -0.39 is 11.7 Å². The number of aryl methyl sites for hydroxylation is 1. The minimum Gasteiger partial charge on any atom is -0.354 e. The molecule has 10 heteroatoms. The Bertz CT molecular complexity index is 1280. The van der Waals surface area contributed by atoms with Crippen LogP contribution in [0.2, 0.25) is 0 Å². The average molecular weight is 546 g/mol. The van der Waals surface area contributed by atoms with E-state index in [1.807, 2.05) is 20.8 Å². The van der Waals surface area contributed by atoms with Crippen molar-refractivity contribution in [2.24, 2.45) is 0 Å². The van der Waals surface area contributed by atoms with Crippen molar-refractivity contribution in [3.63, 3.8) is 0 Å². The fourth-order valence-electron chi connectivity index (χ4n) is 4.91. The highest BCUT2D eigenvalue weighted by Crippen LogP contribution is 2.32. The number of hydrogen-bond acceptors (Lipinski definition) is 4. The van der Waals surface area contributed by atoms with E-state index in [1.165, 1.54) is 24.3 Å². The third-order valence-electron chi connectivity index (χ3n) is 7.50. The summed E-state index contributed by atoms with van der Waals surface area (Å²) in [6.45, 7) is 12.3. The molecule has 210 valence electrons. The predicted octanol–water partition coefficient (Wildman–Crippen LogP) is 5.92. The first-order valence-corrected chi connectivity index (χ1v) is 13.3. The Morgan fingerprint density at radius 3 is 2.28 bits per heavy atom. The van der Waals surface area contributed by atoms with Gasteiger partial charge in [-0.1, -0.05) is 19.9 Å². The molecule has 1 unspecified atom stereocenters. The van der Waals surface area contributed by atoms with Crippen LogP contribution in [0.3, 0.4) is 0 Å². The number of piperazine rings is 1. The molecule has 1 aliphatic rings. The van der Waals surface area contributed by atoms with Crippen molar-refractivity contribution >= 4 is 11.7 Å². The fraction of sp³-hybridized carbons (Fsp3) is 0.448. The molecule has 0 saturated carbocycles. The predicted molar refractivity (Wildman–Crippen MR) is 144 cm³/mol. The van der Waals surface area contributed by atoms with E-state index in [0.29, 0.717) is 17.8 Å². The van der Waals surface area contributed by atoms with Gasteiger partial charge in [0.2, 0.25) is 0 Å². The number of benzene rings is 2. The number of rotatable bonds is 8. The molecule has 0 spiro atoms. The van der Waals surface area contributed by atoms with Crippen molar-refractivity contribution in [1.82, 2.24) is 19.6 Å². The quantitative estimate of drug-likeness (QED) is 0.330. The van der Waals surface area contributed by atoms with Gasteiger partial charge in [0.15, 0.2) is 0 Å². The van der Waals surface area contributed by atoms with Crippen LogP contribution in [0.25, 0.3) is 5.69 Å². The standard InChI is InChI=1S/C29H35F4N5O/c1-5-20(3)37(28(39)22-10-12-23(13-11-22)29(31,32)33)19-26-21(4)34-38(25-9-7-8-24(30)18-25)27(26)36-16-14-35(6-2)15-17-36/h7-13,18,20H,5-6,14-17,19H2,1-4H3. The Morgan fingerprint density at radius 1 is 1.05 bits per heavy atom. The van der Waals surface area contributed by atoms with E-state index in [-0.39, 0.29) is 29.9 Å². The molecule has 1 atom stereocenters. The number of carbonyl (C=O) groups excluding carboxylic acids is 1. The third-order valence-corrected chi connectivity index (χ3v) is 7.50. The maximum Gasteiger partial charge on any atom is 0.416 e. The summed E-state index contributed by atoms with van der Waals surface area (Å²) in [6, 6.07) is 10.4. The molecule has 0 bridgehead atoms. The number of halogens is 4. The zero-order chi connectivity index (χ0) is 28.3. The monoisotopic (exact) mass is 545 g/mol. The molecule has 4 rings (SSSR count). The number of carbonyl (C=O) groups is 1. The minimum absolute atomic E-state index is 0.179. The molecule has 0 radical (unpaired) electrons. The van der Waals surface area contributed by atoms with E-state index in [0.717, 1.165) is 56.2 Å². The number of nitrogens with zero attached hydrogens (tertiary/aromatic N) is 5. The molecule has 39 heavy (non-hydrogen) atoms. The Kier molecular flexibility index (Phi) is 8.64. The van der Waals surface area contributed by atoms with Crippen LogP contribution in [0, 0.1) is 12.7 Å². The van der Waals surface area contributed by atoms with Gasteiger partial charge < -0.3 is 14.7 Å². The lowest BCUT2D eigenvalue weighted by Crippen LogP contribution is -2.47. The van der Waals surface area contributed by atoms with Crippen LogP contribution < -0.4 is 4.90 Å². The van der Waals surface area contributed by atoms with E-state index in [1.54, 1.807) is 21.7 Å². The van der Waals surface area contributed by atoms with E-state index >= 15 is 0 Å². The molecule has 1 fully saturated rings.